The summed E-state index contributed by atoms with van der Waals surface area (Å²) in [5.41, 5.74) is 0. The molecule has 0 radical (unpaired) electrons. The van der Waals surface area contributed by atoms with Gasteiger partial charge in [-0.25, -0.2) is 0 Å². The van der Waals surface area contributed by atoms with Crippen LogP contribution in [0.1, 0.15) is 13.3 Å². The lowest BCUT2D eigenvalue weighted by molar-refractivity contribution is -0.309. The van der Waals surface area contributed by atoms with Crippen LogP contribution in [0.25, 0.3) is 0 Å². The van der Waals surface area contributed by atoms with Gasteiger partial charge in [0.15, 0.2) is 5.79 Å². The van der Waals surface area contributed by atoms with E-state index >= 15 is 0 Å². The molecule has 2 saturated heterocycles. The highest BCUT2D eigenvalue weighted by molar-refractivity contribution is 5.67. The molecule has 15 heavy (non-hydrogen) atoms. The van der Waals surface area contributed by atoms with Gasteiger partial charge in [0.1, 0.15) is 18.3 Å². The topological polar surface area (TPSA) is 85.2 Å². The minimum absolute atomic E-state index is 0.210. The molecule has 6 heteroatoms. The molecular weight excluding hydrogens is 204 g/mol. The number of hydrogen-bond acceptors (Lipinski definition) is 5. The number of aliphatic hydroxyl groups is 1. The van der Waals surface area contributed by atoms with Crippen molar-refractivity contribution < 1.29 is 29.2 Å². The highest BCUT2D eigenvalue weighted by Crippen LogP contribution is 2.32. The maximum Gasteiger partial charge on any atom is 0.308 e. The van der Waals surface area contributed by atoms with Gasteiger partial charge in [0, 0.05) is 0 Å². The zero-order valence-electron chi connectivity index (χ0n) is 8.38. The fraction of sp³-hybridized carbons (Fsp3) is 0.889. The fourth-order valence-corrected chi connectivity index (χ4v) is 1.90. The highest BCUT2D eigenvalue weighted by atomic mass is 16.7. The Bertz CT molecular complexity index is 267. The van der Waals surface area contributed by atoms with E-state index in [0.717, 1.165) is 0 Å². The van der Waals surface area contributed by atoms with Crippen molar-refractivity contribution in [3.63, 3.8) is 0 Å². The Morgan fingerprint density at radius 3 is 2.93 bits per heavy atom. The lowest BCUT2D eigenvalue weighted by Crippen LogP contribution is -2.52. The molecule has 4 unspecified atom stereocenters. The Balaban J connectivity index is 2.03. The molecule has 2 rings (SSSR count). The number of hydrogen-bond donors (Lipinski definition) is 2. The summed E-state index contributed by atoms with van der Waals surface area (Å²) in [5.74, 6) is -2.16. The quantitative estimate of drug-likeness (QED) is 0.640. The maximum absolute atomic E-state index is 10.6. The molecule has 2 N–H and O–H groups in total. The highest BCUT2D eigenvalue weighted by Gasteiger charge is 2.47. The van der Waals surface area contributed by atoms with Crippen molar-refractivity contribution in [2.75, 3.05) is 13.2 Å². The van der Waals surface area contributed by atoms with Crippen molar-refractivity contribution in [2.45, 2.75) is 37.4 Å². The molecule has 0 spiro atoms. The summed E-state index contributed by atoms with van der Waals surface area (Å²) < 4.78 is 16.0. The van der Waals surface area contributed by atoms with Crippen LogP contribution >= 0.6 is 0 Å². The van der Waals surface area contributed by atoms with Crippen LogP contribution in [0.3, 0.4) is 0 Å². The molecule has 0 amide bonds. The molecule has 0 aromatic rings. The third kappa shape index (κ3) is 2.12. The van der Waals surface area contributed by atoms with Crippen LogP contribution in [0.2, 0.25) is 0 Å². The molecule has 2 aliphatic rings. The van der Waals surface area contributed by atoms with Crippen molar-refractivity contribution in [1.29, 1.82) is 0 Å². The molecule has 6 nitrogen and oxygen atoms in total. The van der Waals surface area contributed by atoms with E-state index in [9.17, 15) is 9.90 Å². The summed E-state index contributed by atoms with van der Waals surface area (Å²) >= 11 is 0. The molecule has 0 bridgehead atoms. The second-order valence-corrected chi connectivity index (χ2v) is 4.04. The first kappa shape index (κ1) is 10.8. The third-order valence-corrected chi connectivity index (χ3v) is 2.64. The van der Waals surface area contributed by atoms with Crippen LogP contribution in [0, 0.1) is 0 Å². The first-order valence-electron chi connectivity index (χ1n) is 4.83. The van der Waals surface area contributed by atoms with E-state index in [4.69, 9.17) is 19.3 Å². The number of aliphatic hydroxyl groups excluding tert-OH is 1. The minimum Gasteiger partial charge on any atom is -0.481 e. The van der Waals surface area contributed by atoms with Crippen molar-refractivity contribution in [3.05, 3.63) is 0 Å². The normalized spacial score (nSPS) is 45.1. The minimum atomic E-state index is -1.16. The first-order chi connectivity index (χ1) is 7.00. The number of rotatable bonds is 2. The molecule has 4 atom stereocenters. The Kier molecular flexibility index (Phi) is 2.68. The summed E-state index contributed by atoms with van der Waals surface area (Å²) in [6, 6.07) is 0. The van der Waals surface area contributed by atoms with Crippen LogP contribution < -0.4 is 0 Å². The standard InChI is InChI=1S/C9H14O6/c1-9(2-7(11)12)14-4-6-8(15-9)5(10)3-13-6/h5-6,8,10H,2-4H2,1H3,(H,11,12). The SMILES string of the molecule is CC1(CC(=O)O)OCC2OCC(O)C2O1. The molecule has 86 valence electrons. The van der Waals surface area contributed by atoms with Crippen molar-refractivity contribution in [2.24, 2.45) is 0 Å². The third-order valence-electron chi connectivity index (χ3n) is 2.64. The lowest BCUT2D eigenvalue weighted by Gasteiger charge is -2.39. The maximum atomic E-state index is 10.6. The Morgan fingerprint density at radius 1 is 1.53 bits per heavy atom. The number of carboxylic acid groups (broad SMARTS) is 1. The Labute approximate surface area is 86.7 Å². The van der Waals surface area contributed by atoms with Gasteiger partial charge in [0.2, 0.25) is 0 Å². The van der Waals surface area contributed by atoms with Crippen LogP contribution in [0.15, 0.2) is 0 Å². The largest absolute Gasteiger partial charge is 0.481 e. The van der Waals surface area contributed by atoms with E-state index in [0.29, 0.717) is 0 Å². The number of carbonyl (C=O) groups is 1. The van der Waals surface area contributed by atoms with Gasteiger partial charge in [-0.15, -0.1) is 0 Å². The zero-order chi connectivity index (χ0) is 11.1. The number of fused-ring (bicyclic) bond motifs is 1. The Morgan fingerprint density at radius 2 is 2.27 bits per heavy atom. The summed E-state index contributed by atoms with van der Waals surface area (Å²) in [6.45, 7) is 2.02. The fourth-order valence-electron chi connectivity index (χ4n) is 1.90. The second-order valence-electron chi connectivity index (χ2n) is 4.04. The van der Waals surface area contributed by atoms with Gasteiger partial charge in [-0.2, -0.15) is 0 Å². The lowest BCUT2D eigenvalue weighted by atomic mass is 10.1. The smallest absolute Gasteiger partial charge is 0.308 e. The average Bonchev–Trinajstić information content (AvgIpc) is 2.46. The molecule has 0 aliphatic carbocycles. The zero-order valence-corrected chi connectivity index (χ0v) is 8.38. The first-order valence-corrected chi connectivity index (χ1v) is 4.83. The average molecular weight is 218 g/mol. The van der Waals surface area contributed by atoms with Gasteiger partial charge in [0.25, 0.3) is 0 Å². The number of carboxylic acids is 1. The van der Waals surface area contributed by atoms with Gasteiger partial charge in [-0.1, -0.05) is 0 Å². The van der Waals surface area contributed by atoms with Gasteiger partial charge in [-0.05, 0) is 6.92 Å². The van der Waals surface area contributed by atoms with E-state index in [2.05, 4.69) is 0 Å². The van der Waals surface area contributed by atoms with E-state index in [1.165, 1.54) is 0 Å². The molecule has 2 heterocycles. The summed E-state index contributed by atoms with van der Waals surface area (Å²) in [4.78, 5) is 10.6. The van der Waals surface area contributed by atoms with Crippen LogP contribution in [-0.2, 0) is 19.0 Å². The van der Waals surface area contributed by atoms with Crippen LogP contribution in [0.4, 0.5) is 0 Å². The predicted molar refractivity (Wildman–Crippen MR) is 47.2 cm³/mol. The van der Waals surface area contributed by atoms with E-state index < -0.39 is 24.0 Å². The van der Waals surface area contributed by atoms with Crippen LogP contribution in [-0.4, -0.2) is 53.5 Å². The van der Waals surface area contributed by atoms with Crippen LogP contribution in [0.5, 0.6) is 0 Å². The van der Waals surface area contributed by atoms with E-state index in [-0.39, 0.29) is 25.7 Å². The Hall–Kier alpha value is -0.690. The molecular formula is C9H14O6. The van der Waals surface area contributed by atoms with Gasteiger partial charge in [-0.3, -0.25) is 4.79 Å². The molecule has 0 aromatic heterocycles. The van der Waals surface area contributed by atoms with Crippen molar-refractivity contribution >= 4 is 5.97 Å². The molecule has 2 fully saturated rings. The number of ether oxygens (including phenoxy) is 3. The number of aliphatic carboxylic acids is 1. The van der Waals surface area contributed by atoms with Gasteiger partial charge >= 0.3 is 5.97 Å². The molecule has 0 saturated carbocycles. The monoisotopic (exact) mass is 218 g/mol. The summed E-state index contributed by atoms with van der Waals surface area (Å²) in [6.07, 6.45) is -1.72. The molecule has 0 aromatic carbocycles. The van der Waals surface area contributed by atoms with Gasteiger partial charge < -0.3 is 24.4 Å². The van der Waals surface area contributed by atoms with Crippen molar-refractivity contribution in [3.8, 4) is 0 Å². The van der Waals surface area contributed by atoms with E-state index in [1.54, 1.807) is 6.92 Å². The van der Waals surface area contributed by atoms with E-state index in [1.807, 2.05) is 0 Å². The molecule has 2 aliphatic heterocycles. The van der Waals surface area contributed by atoms with Crippen molar-refractivity contribution in [1.82, 2.24) is 0 Å². The summed E-state index contributed by atoms with van der Waals surface area (Å²) in [7, 11) is 0. The second kappa shape index (κ2) is 3.71. The predicted octanol–water partition coefficient (Wildman–Crippen LogP) is -0.648. The summed E-state index contributed by atoms with van der Waals surface area (Å²) in [5, 5.41) is 18.2. The van der Waals surface area contributed by atoms with Gasteiger partial charge in [0.05, 0.1) is 19.6 Å².